The Kier molecular flexibility index (Phi) is 3.78. The van der Waals surface area contributed by atoms with Gasteiger partial charge in [-0.25, -0.2) is 0 Å². The van der Waals surface area contributed by atoms with Crippen molar-refractivity contribution in [3.05, 3.63) is 65.7 Å². The number of para-hydroxylation sites is 1. The van der Waals surface area contributed by atoms with Crippen molar-refractivity contribution in [2.24, 2.45) is 5.73 Å². The number of primary amides is 1. The van der Waals surface area contributed by atoms with E-state index in [1.165, 1.54) is 4.90 Å². The predicted molar refractivity (Wildman–Crippen MR) is 81.4 cm³/mol. The van der Waals surface area contributed by atoms with Crippen molar-refractivity contribution >= 4 is 11.8 Å². The molecule has 22 heavy (non-hydrogen) atoms. The Morgan fingerprint density at radius 1 is 1.14 bits per heavy atom. The average molecular weight is 296 g/mol. The summed E-state index contributed by atoms with van der Waals surface area (Å²) < 4.78 is 6.01. The highest BCUT2D eigenvalue weighted by Crippen LogP contribution is 2.30. The van der Waals surface area contributed by atoms with Gasteiger partial charge in [0, 0.05) is 0 Å². The Balaban J connectivity index is 2.01. The van der Waals surface area contributed by atoms with Gasteiger partial charge in [0.15, 0.2) is 0 Å². The number of rotatable bonds is 3. The monoisotopic (exact) mass is 296 g/mol. The third-order valence-corrected chi connectivity index (χ3v) is 3.58. The molecule has 0 aromatic heterocycles. The molecule has 0 saturated carbocycles. The largest absolute Gasteiger partial charge is 0.483 e. The van der Waals surface area contributed by atoms with Crippen LogP contribution in [-0.2, 0) is 4.79 Å². The van der Waals surface area contributed by atoms with Gasteiger partial charge in [-0.1, -0.05) is 42.5 Å². The SMILES string of the molecule is NC(=O)CN1CC(c2ccccc2)Oc2ccccc2C1=O. The summed E-state index contributed by atoms with van der Waals surface area (Å²) in [6, 6.07) is 16.7. The van der Waals surface area contributed by atoms with E-state index in [-0.39, 0.29) is 25.1 Å². The van der Waals surface area contributed by atoms with Crippen LogP contribution in [0.5, 0.6) is 5.75 Å². The molecule has 0 bridgehead atoms. The highest BCUT2D eigenvalue weighted by molar-refractivity contribution is 5.99. The number of hydrogen-bond acceptors (Lipinski definition) is 3. The van der Waals surface area contributed by atoms with Crippen LogP contribution in [-0.4, -0.2) is 29.8 Å². The minimum Gasteiger partial charge on any atom is -0.483 e. The zero-order valence-electron chi connectivity index (χ0n) is 11.9. The van der Waals surface area contributed by atoms with Crippen LogP contribution >= 0.6 is 0 Å². The number of carbonyl (C=O) groups excluding carboxylic acids is 2. The summed E-state index contributed by atoms with van der Waals surface area (Å²) in [5, 5.41) is 0. The molecule has 1 aliphatic rings. The van der Waals surface area contributed by atoms with Gasteiger partial charge in [0.1, 0.15) is 11.9 Å². The molecule has 0 fully saturated rings. The first-order chi connectivity index (χ1) is 10.6. The fourth-order valence-electron chi connectivity index (χ4n) is 2.56. The lowest BCUT2D eigenvalue weighted by molar-refractivity contribution is -0.118. The maximum absolute atomic E-state index is 12.6. The number of fused-ring (bicyclic) bond motifs is 1. The first kappa shape index (κ1) is 14.1. The van der Waals surface area contributed by atoms with Crippen LogP contribution in [0.3, 0.4) is 0 Å². The van der Waals surface area contributed by atoms with E-state index in [0.29, 0.717) is 11.3 Å². The van der Waals surface area contributed by atoms with Crippen molar-refractivity contribution in [1.29, 1.82) is 0 Å². The van der Waals surface area contributed by atoms with E-state index in [1.807, 2.05) is 36.4 Å². The van der Waals surface area contributed by atoms with Crippen molar-refractivity contribution in [1.82, 2.24) is 4.90 Å². The van der Waals surface area contributed by atoms with E-state index >= 15 is 0 Å². The molecule has 0 spiro atoms. The number of ether oxygens (including phenoxy) is 1. The molecule has 0 radical (unpaired) electrons. The van der Waals surface area contributed by atoms with Gasteiger partial charge in [0.05, 0.1) is 18.7 Å². The topological polar surface area (TPSA) is 72.6 Å². The molecule has 5 nitrogen and oxygen atoms in total. The predicted octanol–water partition coefficient (Wildman–Crippen LogP) is 1.75. The molecule has 1 atom stereocenters. The lowest BCUT2D eigenvalue weighted by Crippen LogP contribution is -2.40. The zero-order chi connectivity index (χ0) is 15.5. The van der Waals surface area contributed by atoms with Gasteiger partial charge in [-0.2, -0.15) is 0 Å². The maximum Gasteiger partial charge on any atom is 0.258 e. The van der Waals surface area contributed by atoms with Gasteiger partial charge in [-0.3, -0.25) is 9.59 Å². The molecule has 5 heteroatoms. The second kappa shape index (κ2) is 5.89. The van der Waals surface area contributed by atoms with E-state index in [2.05, 4.69) is 0 Å². The molecule has 2 N–H and O–H groups in total. The molecule has 3 rings (SSSR count). The molecular weight excluding hydrogens is 280 g/mol. The minimum atomic E-state index is -0.542. The van der Waals surface area contributed by atoms with Gasteiger partial charge >= 0.3 is 0 Å². The van der Waals surface area contributed by atoms with Crippen molar-refractivity contribution in [3.8, 4) is 5.75 Å². The Morgan fingerprint density at radius 3 is 2.55 bits per heavy atom. The van der Waals surface area contributed by atoms with Crippen LogP contribution in [0, 0.1) is 0 Å². The first-order valence-corrected chi connectivity index (χ1v) is 7.03. The van der Waals surface area contributed by atoms with Crippen LogP contribution in [0.4, 0.5) is 0 Å². The number of benzene rings is 2. The van der Waals surface area contributed by atoms with E-state index in [9.17, 15) is 9.59 Å². The molecule has 2 aromatic rings. The van der Waals surface area contributed by atoms with E-state index < -0.39 is 5.91 Å². The zero-order valence-corrected chi connectivity index (χ0v) is 11.9. The van der Waals surface area contributed by atoms with Gasteiger partial charge in [0.2, 0.25) is 5.91 Å². The van der Waals surface area contributed by atoms with Crippen molar-refractivity contribution < 1.29 is 14.3 Å². The molecule has 0 saturated heterocycles. The van der Waals surface area contributed by atoms with Crippen molar-refractivity contribution in [2.75, 3.05) is 13.1 Å². The summed E-state index contributed by atoms with van der Waals surface area (Å²) in [7, 11) is 0. The summed E-state index contributed by atoms with van der Waals surface area (Å²) >= 11 is 0. The number of amides is 2. The molecule has 2 aromatic carbocycles. The minimum absolute atomic E-state index is 0.125. The Labute approximate surface area is 128 Å². The first-order valence-electron chi connectivity index (χ1n) is 7.03. The van der Waals surface area contributed by atoms with Gasteiger partial charge in [-0.15, -0.1) is 0 Å². The van der Waals surface area contributed by atoms with Crippen LogP contribution in [0.15, 0.2) is 54.6 Å². The third kappa shape index (κ3) is 2.79. The fraction of sp³-hybridized carbons (Fsp3) is 0.176. The lowest BCUT2D eigenvalue weighted by atomic mass is 10.1. The maximum atomic E-state index is 12.6. The quantitative estimate of drug-likeness (QED) is 0.937. The van der Waals surface area contributed by atoms with Gasteiger partial charge < -0.3 is 15.4 Å². The van der Waals surface area contributed by atoms with Crippen LogP contribution in [0.1, 0.15) is 22.0 Å². The van der Waals surface area contributed by atoms with E-state index in [0.717, 1.165) is 5.56 Å². The third-order valence-electron chi connectivity index (χ3n) is 3.58. The smallest absolute Gasteiger partial charge is 0.258 e. The Hall–Kier alpha value is -2.82. The van der Waals surface area contributed by atoms with Crippen molar-refractivity contribution in [3.63, 3.8) is 0 Å². The van der Waals surface area contributed by atoms with Gasteiger partial charge in [-0.05, 0) is 17.7 Å². The lowest BCUT2D eigenvalue weighted by Gasteiger charge is -2.23. The number of hydrogen-bond donors (Lipinski definition) is 1. The highest BCUT2D eigenvalue weighted by Gasteiger charge is 2.30. The second-order valence-corrected chi connectivity index (χ2v) is 5.17. The summed E-state index contributed by atoms with van der Waals surface area (Å²) in [6.07, 6.45) is -0.340. The summed E-state index contributed by atoms with van der Waals surface area (Å²) in [6.45, 7) is 0.153. The Bertz CT molecular complexity index is 700. The molecule has 112 valence electrons. The highest BCUT2D eigenvalue weighted by atomic mass is 16.5. The van der Waals surface area contributed by atoms with E-state index in [4.69, 9.17) is 10.5 Å². The molecular formula is C17H16N2O3. The molecule has 0 aliphatic carbocycles. The second-order valence-electron chi connectivity index (χ2n) is 5.17. The molecule has 2 amide bonds. The summed E-state index contributed by atoms with van der Waals surface area (Å²) in [4.78, 5) is 25.3. The number of nitrogens with zero attached hydrogens (tertiary/aromatic N) is 1. The summed E-state index contributed by atoms with van der Waals surface area (Å²) in [5.74, 6) is -0.263. The molecule has 1 aliphatic heterocycles. The van der Waals surface area contributed by atoms with E-state index in [1.54, 1.807) is 18.2 Å². The fourth-order valence-corrected chi connectivity index (χ4v) is 2.56. The molecule has 1 unspecified atom stereocenters. The van der Waals surface area contributed by atoms with Crippen LogP contribution in [0.25, 0.3) is 0 Å². The van der Waals surface area contributed by atoms with Crippen LogP contribution in [0.2, 0.25) is 0 Å². The number of carbonyl (C=O) groups is 2. The normalized spacial score (nSPS) is 17.4. The van der Waals surface area contributed by atoms with Gasteiger partial charge in [0.25, 0.3) is 5.91 Å². The number of nitrogens with two attached hydrogens (primary N) is 1. The Morgan fingerprint density at radius 2 is 1.82 bits per heavy atom. The molecule has 1 heterocycles. The summed E-state index contributed by atoms with van der Waals surface area (Å²) in [5.41, 5.74) is 6.66. The van der Waals surface area contributed by atoms with Crippen LogP contribution < -0.4 is 10.5 Å². The average Bonchev–Trinajstić information content (AvgIpc) is 2.66. The standard InChI is InChI=1S/C17H16N2O3/c18-16(20)11-19-10-15(12-6-2-1-3-7-12)22-14-9-5-4-8-13(14)17(19)21/h1-9,15H,10-11H2,(H2,18,20). The van der Waals surface area contributed by atoms with Crippen molar-refractivity contribution in [2.45, 2.75) is 6.10 Å².